The number of nitrogens with one attached hydrogen (secondary N) is 1. The average Bonchev–Trinajstić information content (AvgIpc) is 2.13. The minimum Gasteiger partial charge on any atom is -0.481 e. The highest BCUT2D eigenvalue weighted by Crippen LogP contribution is 1.97. The normalized spacial score (nSPS) is 15.6. The Morgan fingerprint density at radius 1 is 1.50 bits per heavy atom. The van der Waals surface area contributed by atoms with Crippen molar-refractivity contribution in [1.29, 1.82) is 0 Å². The van der Waals surface area contributed by atoms with Crippen LogP contribution in [-0.2, 0) is 25.6 Å². The Bertz CT molecular complexity index is 351. The van der Waals surface area contributed by atoms with Gasteiger partial charge in [-0.1, -0.05) is 0 Å². The van der Waals surface area contributed by atoms with Gasteiger partial charge in [0.15, 0.2) is 0 Å². The van der Waals surface area contributed by atoms with E-state index in [9.17, 15) is 17.4 Å². The molecule has 96 valence electrons. The van der Waals surface area contributed by atoms with Gasteiger partial charge >= 0.3 is 5.97 Å². The molecule has 0 aromatic carbocycles. The lowest BCUT2D eigenvalue weighted by Gasteiger charge is -2.10. The van der Waals surface area contributed by atoms with Crippen LogP contribution in [-0.4, -0.2) is 47.5 Å². The van der Waals surface area contributed by atoms with Crippen molar-refractivity contribution in [3.63, 3.8) is 0 Å². The van der Waals surface area contributed by atoms with Crippen molar-refractivity contribution in [1.82, 2.24) is 4.72 Å². The Labute approximate surface area is 97.9 Å². The molecule has 0 saturated carbocycles. The molecule has 0 amide bonds. The van der Waals surface area contributed by atoms with E-state index < -0.39 is 26.8 Å². The maximum absolute atomic E-state index is 11.3. The number of aliphatic carboxylic acids is 1. The second-order valence-electron chi connectivity index (χ2n) is 3.47. The first-order valence-corrected chi connectivity index (χ1v) is 8.03. The lowest BCUT2D eigenvalue weighted by Crippen LogP contribution is -2.34. The zero-order valence-corrected chi connectivity index (χ0v) is 10.9. The fourth-order valence-corrected chi connectivity index (χ4v) is 2.44. The first-order valence-electron chi connectivity index (χ1n) is 4.76. The predicted molar refractivity (Wildman–Crippen MR) is 62.2 cm³/mol. The van der Waals surface area contributed by atoms with Crippen molar-refractivity contribution < 1.29 is 22.5 Å². The molecule has 0 aromatic rings. The standard InChI is InChI=1S/C8H17NO5S2/c1-7(15(2)12)6-9-16(13,14)5-3-4-8(10)11/h7,9H,3-6H2,1-2H3,(H,10,11). The van der Waals surface area contributed by atoms with Crippen molar-refractivity contribution >= 4 is 26.8 Å². The zero-order valence-electron chi connectivity index (χ0n) is 9.30. The molecule has 2 unspecified atom stereocenters. The van der Waals surface area contributed by atoms with Gasteiger partial charge in [-0.15, -0.1) is 0 Å². The molecule has 6 nitrogen and oxygen atoms in total. The molecule has 0 bridgehead atoms. The average molecular weight is 271 g/mol. The molecule has 0 spiro atoms. The second kappa shape index (κ2) is 6.97. The van der Waals surface area contributed by atoms with Crippen LogP contribution in [0.5, 0.6) is 0 Å². The van der Waals surface area contributed by atoms with E-state index in [4.69, 9.17) is 5.11 Å². The van der Waals surface area contributed by atoms with Crippen molar-refractivity contribution in [3.05, 3.63) is 0 Å². The van der Waals surface area contributed by atoms with Gasteiger partial charge in [-0.05, 0) is 13.3 Å². The highest BCUT2D eigenvalue weighted by atomic mass is 32.2. The fourth-order valence-electron chi connectivity index (χ4n) is 0.847. The number of carbonyl (C=O) groups is 1. The summed E-state index contributed by atoms with van der Waals surface area (Å²) in [5.41, 5.74) is 0. The Morgan fingerprint density at radius 3 is 2.50 bits per heavy atom. The van der Waals surface area contributed by atoms with Crippen molar-refractivity contribution in [2.45, 2.75) is 25.0 Å². The third-order valence-electron chi connectivity index (χ3n) is 1.96. The van der Waals surface area contributed by atoms with E-state index in [1.165, 1.54) is 6.26 Å². The molecular weight excluding hydrogens is 254 g/mol. The monoisotopic (exact) mass is 271 g/mol. The molecule has 8 heteroatoms. The van der Waals surface area contributed by atoms with Crippen LogP contribution in [0.25, 0.3) is 0 Å². The highest BCUT2D eigenvalue weighted by molar-refractivity contribution is 7.89. The molecule has 0 fully saturated rings. The zero-order chi connectivity index (χ0) is 12.8. The van der Waals surface area contributed by atoms with E-state index in [1.807, 2.05) is 0 Å². The lowest BCUT2D eigenvalue weighted by molar-refractivity contribution is -0.137. The van der Waals surface area contributed by atoms with Crippen molar-refractivity contribution in [2.24, 2.45) is 0 Å². The van der Waals surface area contributed by atoms with Gasteiger partial charge in [-0.25, -0.2) is 13.1 Å². The molecule has 0 radical (unpaired) electrons. The molecule has 0 aliphatic heterocycles. The third kappa shape index (κ3) is 7.77. The van der Waals surface area contributed by atoms with Crippen LogP contribution in [0.3, 0.4) is 0 Å². The number of carboxylic acids is 1. The van der Waals surface area contributed by atoms with Gasteiger partial charge in [0.2, 0.25) is 10.0 Å². The Balaban J connectivity index is 3.97. The molecule has 16 heavy (non-hydrogen) atoms. The highest BCUT2D eigenvalue weighted by Gasteiger charge is 2.14. The summed E-state index contributed by atoms with van der Waals surface area (Å²) in [5, 5.41) is 8.09. The number of hydrogen-bond acceptors (Lipinski definition) is 4. The number of hydrogen-bond donors (Lipinski definition) is 2. The summed E-state index contributed by atoms with van der Waals surface area (Å²) in [6.45, 7) is 1.79. The predicted octanol–water partition coefficient (Wildman–Crippen LogP) is -0.462. The first kappa shape index (κ1) is 15.5. The van der Waals surface area contributed by atoms with Crippen LogP contribution in [0.4, 0.5) is 0 Å². The van der Waals surface area contributed by atoms with E-state index >= 15 is 0 Å². The Hall–Kier alpha value is -0.470. The van der Waals surface area contributed by atoms with E-state index in [-0.39, 0.29) is 30.4 Å². The van der Waals surface area contributed by atoms with Gasteiger partial charge in [0.25, 0.3) is 0 Å². The molecule has 0 saturated heterocycles. The molecule has 2 atom stereocenters. The second-order valence-corrected chi connectivity index (χ2v) is 7.20. The summed E-state index contributed by atoms with van der Waals surface area (Å²) in [5.74, 6) is -1.24. The molecule has 0 heterocycles. The summed E-state index contributed by atoms with van der Waals surface area (Å²) < 4.78 is 35.9. The van der Waals surface area contributed by atoms with Crippen LogP contribution in [0.2, 0.25) is 0 Å². The largest absolute Gasteiger partial charge is 0.481 e. The van der Waals surface area contributed by atoms with E-state index in [2.05, 4.69) is 4.72 Å². The molecule has 2 N–H and O–H groups in total. The maximum atomic E-state index is 11.3. The fraction of sp³-hybridized carbons (Fsp3) is 0.875. The quantitative estimate of drug-likeness (QED) is 0.622. The summed E-state index contributed by atoms with van der Waals surface area (Å²) >= 11 is 0. The summed E-state index contributed by atoms with van der Waals surface area (Å²) in [6, 6.07) is 0. The SMILES string of the molecule is CC(CNS(=O)(=O)CCCC(=O)O)S(C)=O. The van der Waals surface area contributed by atoms with Gasteiger partial charge in [-0.2, -0.15) is 0 Å². The van der Waals surface area contributed by atoms with Crippen LogP contribution >= 0.6 is 0 Å². The van der Waals surface area contributed by atoms with Crippen LogP contribution in [0, 0.1) is 0 Å². The number of rotatable bonds is 8. The van der Waals surface area contributed by atoms with E-state index in [0.717, 1.165) is 0 Å². The number of carboxylic acid groups (broad SMARTS) is 1. The third-order valence-corrected chi connectivity index (χ3v) is 4.69. The summed E-state index contributed by atoms with van der Waals surface area (Å²) in [6.07, 6.45) is 1.41. The summed E-state index contributed by atoms with van der Waals surface area (Å²) in [4.78, 5) is 10.2. The lowest BCUT2D eigenvalue weighted by atomic mass is 10.3. The van der Waals surface area contributed by atoms with Gasteiger partial charge in [-0.3, -0.25) is 9.00 Å². The molecular formula is C8H17NO5S2. The van der Waals surface area contributed by atoms with Crippen molar-refractivity contribution in [2.75, 3.05) is 18.6 Å². The topological polar surface area (TPSA) is 101 Å². The Kier molecular flexibility index (Phi) is 6.77. The van der Waals surface area contributed by atoms with Gasteiger partial charge in [0.05, 0.1) is 5.75 Å². The maximum Gasteiger partial charge on any atom is 0.303 e. The van der Waals surface area contributed by atoms with Gasteiger partial charge in [0, 0.05) is 35.3 Å². The van der Waals surface area contributed by atoms with Crippen LogP contribution in [0.1, 0.15) is 19.8 Å². The van der Waals surface area contributed by atoms with E-state index in [0.29, 0.717) is 0 Å². The van der Waals surface area contributed by atoms with E-state index in [1.54, 1.807) is 6.92 Å². The van der Waals surface area contributed by atoms with Gasteiger partial charge in [0.1, 0.15) is 0 Å². The van der Waals surface area contributed by atoms with Crippen molar-refractivity contribution in [3.8, 4) is 0 Å². The van der Waals surface area contributed by atoms with Crippen LogP contribution < -0.4 is 4.72 Å². The molecule has 0 rings (SSSR count). The minimum absolute atomic E-state index is 0.0776. The first-order chi connectivity index (χ1) is 7.24. The van der Waals surface area contributed by atoms with Gasteiger partial charge < -0.3 is 5.11 Å². The molecule has 0 aliphatic carbocycles. The summed E-state index contributed by atoms with van der Waals surface area (Å²) in [7, 11) is -4.53. The Morgan fingerprint density at radius 2 is 2.06 bits per heavy atom. The smallest absolute Gasteiger partial charge is 0.303 e. The van der Waals surface area contributed by atoms with Crippen LogP contribution in [0.15, 0.2) is 0 Å². The number of sulfonamides is 1. The molecule has 0 aromatic heterocycles. The molecule has 0 aliphatic rings. The minimum atomic E-state index is -3.45.